The maximum absolute atomic E-state index is 13.0. The zero-order chi connectivity index (χ0) is 37.2. The fourth-order valence-corrected chi connectivity index (χ4v) is 14.1. The van der Waals surface area contributed by atoms with Crippen molar-refractivity contribution in [2.24, 2.45) is 0 Å². The molecule has 12 heteroatoms. The van der Waals surface area contributed by atoms with Crippen LogP contribution in [0.1, 0.15) is 89.5 Å². The summed E-state index contributed by atoms with van der Waals surface area (Å²) in [5.41, 5.74) is 8.72. The van der Waals surface area contributed by atoms with Crippen molar-refractivity contribution >= 4 is 28.6 Å². The number of hydrogen-bond acceptors (Lipinski definition) is 11. The summed E-state index contributed by atoms with van der Waals surface area (Å²) in [5, 5.41) is 17.7. The lowest BCUT2D eigenvalue weighted by molar-refractivity contribution is -0.132. The third-order valence-corrected chi connectivity index (χ3v) is 16.0. The Morgan fingerprint density at radius 1 is 1.09 bits per heavy atom. The van der Waals surface area contributed by atoms with E-state index in [-0.39, 0.29) is 47.9 Å². The molecule has 3 aromatic carbocycles. The smallest absolute Gasteiger partial charge is 0.308 e. The molecule has 0 saturated carbocycles. The maximum Gasteiger partial charge on any atom is 0.308 e. The predicted octanol–water partition coefficient (Wildman–Crippen LogP) is 6.20. The molecule has 0 radical (unpaired) electrons. The molecule has 8 aliphatic rings. The summed E-state index contributed by atoms with van der Waals surface area (Å²) >= 11 is 1.99. The van der Waals surface area contributed by atoms with Crippen LogP contribution < -0.4 is 29.0 Å². The summed E-state index contributed by atoms with van der Waals surface area (Å²) < 4.78 is 30.5. The Morgan fingerprint density at radius 3 is 2.67 bits per heavy atom. The van der Waals surface area contributed by atoms with Gasteiger partial charge in [0.15, 0.2) is 23.0 Å². The van der Waals surface area contributed by atoms with Gasteiger partial charge in [0.05, 0.1) is 31.8 Å². The lowest BCUT2D eigenvalue weighted by atomic mass is 9.53. The second-order valence-corrected chi connectivity index (χ2v) is 17.7. The van der Waals surface area contributed by atoms with Crippen LogP contribution in [0.2, 0.25) is 0 Å². The summed E-state index contributed by atoms with van der Waals surface area (Å²) in [6, 6.07) is 8.97. The molecule has 8 atom stereocenters. The van der Waals surface area contributed by atoms with E-state index in [1.165, 1.54) is 29.1 Å². The average Bonchev–Trinajstić information content (AvgIpc) is 3.84. The molecule has 0 amide bonds. The number of esters is 1. The minimum absolute atomic E-state index is 0.00803. The van der Waals surface area contributed by atoms with Crippen LogP contribution in [0.4, 0.5) is 0 Å². The Labute approximate surface area is 318 Å². The van der Waals surface area contributed by atoms with Gasteiger partial charge in [-0.25, -0.2) is 0 Å². The van der Waals surface area contributed by atoms with Crippen LogP contribution in [0.25, 0.3) is 10.9 Å². The van der Waals surface area contributed by atoms with Gasteiger partial charge in [0, 0.05) is 86.9 Å². The summed E-state index contributed by atoms with van der Waals surface area (Å²) in [6.07, 6.45) is 2.67. The average molecular weight is 751 g/mol. The summed E-state index contributed by atoms with van der Waals surface area (Å²) in [4.78, 5) is 22.1. The van der Waals surface area contributed by atoms with E-state index in [0.717, 1.165) is 76.4 Å². The number of hydrogen-bond donors (Lipinski definition) is 3. The third-order valence-electron chi connectivity index (χ3n) is 14.3. The van der Waals surface area contributed by atoms with Gasteiger partial charge in [0.1, 0.15) is 11.5 Å². The molecule has 3 N–H and O–H groups in total. The Bertz CT molecular complexity index is 2340. The first-order valence-electron chi connectivity index (χ1n) is 19.1. The van der Waals surface area contributed by atoms with E-state index in [4.69, 9.17) is 23.7 Å². The number of ether oxygens (including phenoxy) is 5. The van der Waals surface area contributed by atoms with Gasteiger partial charge in [-0.2, -0.15) is 11.8 Å². The molecule has 12 rings (SSSR count). The number of aromatic hydroxyl groups is 1. The molecule has 8 heterocycles. The normalized spacial score (nSPS) is 32.6. The largest absolute Gasteiger partial charge is 0.504 e. The molecule has 3 saturated heterocycles. The van der Waals surface area contributed by atoms with Crippen LogP contribution in [0, 0.1) is 13.8 Å². The zero-order valence-electron chi connectivity index (χ0n) is 31.7. The first-order chi connectivity index (χ1) is 26.0. The number of phenols is 1. The van der Waals surface area contributed by atoms with Gasteiger partial charge in [0.2, 0.25) is 6.79 Å². The van der Waals surface area contributed by atoms with Gasteiger partial charge in [0.25, 0.3) is 0 Å². The Hall–Kier alpha value is -4.10. The van der Waals surface area contributed by atoms with E-state index < -0.39 is 11.0 Å². The van der Waals surface area contributed by atoms with E-state index in [9.17, 15) is 9.90 Å². The van der Waals surface area contributed by atoms with Gasteiger partial charge < -0.3 is 39.1 Å². The number of phenolic OH excluding ortho intramolecular Hbond substituents is 1. The van der Waals surface area contributed by atoms with Crippen molar-refractivity contribution in [2.75, 3.05) is 40.4 Å². The quantitative estimate of drug-likeness (QED) is 0.164. The van der Waals surface area contributed by atoms with E-state index in [1.807, 2.05) is 31.7 Å². The van der Waals surface area contributed by atoms with Crippen LogP contribution >= 0.6 is 11.8 Å². The number of aromatic nitrogens is 1. The Kier molecular flexibility index (Phi) is 6.79. The molecule has 2 bridgehead atoms. The molecule has 2 spiro atoms. The van der Waals surface area contributed by atoms with Gasteiger partial charge in [-0.3, -0.25) is 14.6 Å². The lowest BCUT2D eigenvalue weighted by Crippen LogP contribution is -2.63. The van der Waals surface area contributed by atoms with Crippen molar-refractivity contribution < 1.29 is 33.6 Å². The minimum atomic E-state index is -0.501. The number of fused-ring (bicyclic) bond motifs is 8. The number of carbonyl (C=O) groups excluding carboxylic acids is 1. The molecular weight excluding hydrogens is 705 g/mol. The standard InChI is InChI=1S/C42H46N4O7S/c1-18-12-25-28-14-27(45(28)5)20(3)46-32(29(25)33(48)34(18)50-7)40-42(31-30(39(42)46)37-36(51-17-52-37)19(2)35(31)53-21(4)47)15-41(16-54-40)38-23(10-11-43-41)24-13-22(49-6)8-9-26(24)44-38/h8-9,12-13,20,27-28,32,39-40,43-44,48H,10-11,14-17H2,1-7H3/t20-,27-,28?,32+,39-,40-,41+,42-/m0/s1. The van der Waals surface area contributed by atoms with Crippen LogP contribution in [0.15, 0.2) is 24.3 Å². The van der Waals surface area contributed by atoms with Crippen molar-refractivity contribution in [3.8, 4) is 34.5 Å². The van der Waals surface area contributed by atoms with Gasteiger partial charge in [-0.1, -0.05) is 6.07 Å². The fourth-order valence-electron chi connectivity index (χ4n) is 12.2. The van der Waals surface area contributed by atoms with Crippen molar-refractivity contribution in [3.05, 3.63) is 68.9 Å². The fraction of sp³-hybridized carbons (Fsp3) is 0.500. The van der Waals surface area contributed by atoms with Crippen LogP contribution in [0.5, 0.6) is 34.5 Å². The highest BCUT2D eigenvalue weighted by Gasteiger charge is 2.75. The topological polar surface area (TPSA) is 118 Å². The van der Waals surface area contributed by atoms with E-state index in [2.05, 4.69) is 52.3 Å². The highest BCUT2D eigenvalue weighted by molar-refractivity contribution is 8.00. The second kappa shape index (κ2) is 11.0. The van der Waals surface area contributed by atoms with Crippen molar-refractivity contribution in [1.82, 2.24) is 20.1 Å². The molecule has 11 nitrogen and oxygen atoms in total. The Morgan fingerprint density at radius 2 is 1.91 bits per heavy atom. The van der Waals surface area contributed by atoms with Gasteiger partial charge >= 0.3 is 5.97 Å². The zero-order valence-corrected chi connectivity index (χ0v) is 32.5. The SMILES string of the molecule is COc1ccc2[nH]c3c(c2c1)CCN[C@]31CS[C@H]2[C@H]3c4c(cc(C)c(OC)c4O)C4C[C@@H]([C@H](C)N3[C@H]3c5c6c(c(C)c(OC(C)=O)c5[C@@]32C1)OCO6)N4C. The van der Waals surface area contributed by atoms with Crippen molar-refractivity contribution in [3.63, 3.8) is 0 Å². The number of rotatable bonds is 3. The molecule has 1 unspecified atom stereocenters. The molecule has 1 aromatic heterocycles. The molecule has 7 aliphatic heterocycles. The van der Waals surface area contributed by atoms with Crippen LogP contribution in [-0.2, 0) is 22.2 Å². The molecule has 54 heavy (non-hydrogen) atoms. The van der Waals surface area contributed by atoms with E-state index in [1.54, 1.807) is 14.2 Å². The molecule has 1 aliphatic carbocycles. The monoisotopic (exact) mass is 750 g/mol. The van der Waals surface area contributed by atoms with Gasteiger partial charge in [-0.05, 0) is 82.0 Å². The Balaban J connectivity index is 1.20. The summed E-state index contributed by atoms with van der Waals surface area (Å²) in [5.74, 6) is 4.09. The number of aryl methyl sites for hydroxylation is 1. The number of benzene rings is 3. The molecule has 3 fully saturated rings. The van der Waals surface area contributed by atoms with Crippen molar-refractivity contribution in [2.45, 2.75) is 93.4 Å². The van der Waals surface area contributed by atoms with Gasteiger partial charge in [-0.15, -0.1) is 0 Å². The summed E-state index contributed by atoms with van der Waals surface area (Å²) in [6.45, 7) is 8.81. The molecule has 282 valence electrons. The number of nitrogens with one attached hydrogen (secondary N) is 2. The van der Waals surface area contributed by atoms with E-state index >= 15 is 0 Å². The van der Waals surface area contributed by atoms with Crippen molar-refractivity contribution in [1.29, 1.82) is 0 Å². The minimum Gasteiger partial charge on any atom is -0.504 e. The number of aromatic amines is 1. The number of H-pyrrole nitrogens is 1. The predicted molar refractivity (Wildman–Crippen MR) is 204 cm³/mol. The van der Waals surface area contributed by atoms with E-state index in [0.29, 0.717) is 23.3 Å². The highest BCUT2D eigenvalue weighted by atomic mass is 32.2. The molecule has 4 aromatic rings. The number of methoxy groups -OCH3 is 2. The number of thioether (sulfide) groups is 1. The first kappa shape index (κ1) is 33.3. The molecular formula is C42H46N4O7S. The maximum atomic E-state index is 13.0. The number of nitrogens with zero attached hydrogens (tertiary/aromatic N) is 2. The van der Waals surface area contributed by atoms with Crippen LogP contribution in [0.3, 0.4) is 0 Å². The third kappa shape index (κ3) is 3.83. The van der Waals surface area contributed by atoms with Crippen LogP contribution in [-0.4, -0.2) is 83.6 Å². The second-order valence-electron chi connectivity index (χ2n) is 16.6. The lowest BCUT2D eigenvalue weighted by Gasteiger charge is -2.60. The summed E-state index contributed by atoms with van der Waals surface area (Å²) in [7, 11) is 5.59. The highest BCUT2D eigenvalue weighted by Crippen LogP contribution is 2.79. The first-order valence-corrected chi connectivity index (χ1v) is 20.2. The number of likely N-dealkylation sites (N-methyl/N-ethyl adjacent to an activating group) is 1. The number of carbonyl (C=O) groups is 1.